The van der Waals surface area contributed by atoms with Crippen molar-refractivity contribution in [1.29, 1.82) is 0 Å². The molecule has 0 fully saturated rings. The van der Waals surface area contributed by atoms with E-state index in [1.807, 2.05) is 0 Å². The van der Waals surface area contributed by atoms with Crippen LogP contribution in [0, 0.1) is 132 Å². The topological polar surface area (TPSA) is 225 Å². The fourth-order valence-corrected chi connectivity index (χ4v) is 2.86. The summed E-state index contributed by atoms with van der Waals surface area (Å²) < 4.78 is 14.9. The number of aliphatic imine (C=N–C) groups is 2. The van der Waals surface area contributed by atoms with E-state index in [-0.39, 0.29) is 206 Å². The number of hydrogen-bond acceptors (Lipinski definition) is 9. The summed E-state index contributed by atoms with van der Waals surface area (Å²) in [5, 5.41) is 29.1. The molecular weight excluding hydrogens is 1290 g/mol. The Morgan fingerprint density at radius 2 is 0.860 bits per heavy atom. The summed E-state index contributed by atoms with van der Waals surface area (Å²) >= 11 is 0. The molecule has 43 heavy (non-hydrogen) atoms. The van der Waals surface area contributed by atoms with Gasteiger partial charge in [-0.25, -0.2) is 0 Å². The van der Waals surface area contributed by atoms with Crippen LogP contribution in [0.1, 0.15) is 21.5 Å². The molecule has 0 spiro atoms. The fraction of sp³-hybridized carbons (Fsp3) is 0.192. The van der Waals surface area contributed by atoms with Crippen molar-refractivity contribution in [2.45, 2.75) is 0 Å². The summed E-state index contributed by atoms with van der Waals surface area (Å²) in [5.41, 5.74) is 1.41. The van der Waals surface area contributed by atoms with E-state index >= 15 is 0 Å². The predicted octanol–water partition coefficient (Wildman–Crippen LogP) is 1.39. The quantitative estimate of drug-likeness (QED) is 0.124. The maximum absolute atomic E-state index is 10.3. The van der Waals surface area contributed by atoms with Gasteiger partial charge in [0.05, 0.1) is 40.0 Å². The fourth-order valence-electron chi connectivity index (χ4n) is 2.86. The van der Waals surface area contributed by atoms with Gasteiger partial charge in [0.25, 0.3) is 0 Å². The third-order valence-corrected chi connectivity index (χ3v) is 4.70. The van der Waals surface area contributed by atoms with Gasteiger partial charge >= 0.3 is 0 Å². The van der Waals surface area contributed by atoms with Crippen LogP contribution in [0.4, 0.5) is 0 Å². The Morgan fingerprint density at radius 1 is 0.581 bits per heavy atom. The van der Waals surface area contributed by atoms with Crippen molar-refractivity contribution in [2.75, 3.05) is 34.4 Å². The van der Waals surface area contributed by atoms with E-state index in [0.717, 1.165) is 0 Å². The molecule has 0 aliphatic rings. The number of aromatic hydroxyl groups is 3. The van der Waals surface area contributed by atoms with E-state index in [2.05, 4.69) is 9.98 Å². The summed E-state index contributed by atoms with van der Waals surface area (Å²) in [7, 11) is 4.43. The van der Waals surface area contributed by atoms with Gasteiger partial charge in [-0.05, 0) is 36.4 Å². The molecule has 231 valence electrons. The summed E-state index contributed by atoms with van der Waals surface area (Å²) in [5.74, 6) is 1.15. The maximum Gasteiger partial charge on any atom is 0.168 e. The summed E-state index contributed by atoms with van der Waals surface area (Å²) in [4.78, 5) is 18.7. The Morgan fingerprint density at radius 3 is 1.14 bits per heavy atom. The third-order valence-electron chi connectivity index (χ3n) is 4.70. The van der Waals surface area contributed by atoms with E-state index < -0.39 is 0 Å². The van der Waals surface area contributed by atoms with E-state index in [1.54, 1.807) is 61.0 Å². The number of methoxy groups -OCH3 is 3. The van der Waals surface area contributed by atoms with Gasteiger partial charge in [-0.2, -0.15) is 0 Å². The van der Waals surface area contributed by atoms with Crippen LogP contribution in [-0.2, 0) is 34.1 Å². The number of phenols is 3. The molecule has 3 rings (SSSR count). The second kappa shape index (κ2) is 34.1. The number of phenolic OH excluding ortho intramolecular Hbond substituents is 3. The summed E-state index contributed by atoms with van der Waals surface area (Å²) in [6.07, 6.45) is 3.74. The van der Waals surface area contributed by atoms with Gasteiger partial charge in [0, 0.05) is 190 Å². The molecule has 0 aliphatic heterocycles. The molecule has 0 atom stereocenters. The molecule has 0 bridgehead atoms. The van der Waals surface area contributed by atoms with Gasteiger partial charge in [-0.15, -0.1) is 0 Å². The van der Waals surface area contributed by atoms with E-state index in [1.165, 1.54) is 27.4 Å². The van der Waals surface area contributed by atoms with Crippen molar-refractivity contribution in [2.24, 2.45) is 9.98 Å². The van der Waals surface area contributed by atoms with Crippen LogP contribution in [0.15, 0.2) is 64.6 Å². The predicted molar refractivity (Wildman–Crippen MR) is 145 cm³/mol. The zero-order valence-corrected chi connectivity index (χ0v) is 40.3. The largest absolute Gasteiger partial charge is 0.504 e. The number of carbonyl (C=O) groups is 1. The minimum absolute atomic E-state index is 0. The first-order chi connectivity index (χ1) is 17.0. The van der Waals surface area contributed by atoms with Gasteiger partial charge in [0.15, 0.2) is 40.8 Å². The van der Waals surface area contributed by atoms with Crippen molar-refractivity contribution >= 4 is 18.7 Å². The number of rotatable bonds is 9. The molecule has 0 unspecified atom stereocenters. The van der Waals surface area contributed by atoms with E-state index in [0.29, 0.717) is 47.8 Å². The van der Waals surface area contributed by atoms with Crippen LogP contribution in [0.25, 0.3) is 0 Å². The Balaban J connectivity index is -0.000000119. The van der Waals surface area contributed by atoms with Crippen LogP contribution in [-0.4, -0.2) is 84.9 Å². The second-order valence-electron chi connectivity index (χ2n) is 6.88. The van der Waals surface area contributed by atoms with Gasteiger partial charge in [0.1, 0.15) is 0 Å². The van der Waals surface area contributed by atoms with Gasteiger partial charge in [-0.1, -0.05) is 18.2 Å². The molecule has 0 saturated carbocycles. The summed E-state index contributed by atoms with van der Waals surface area (Å²) in [6.45, 7) is 0.912. The van der Waals surface area contributed by atoms with Crippen molar-refractivity contribution < 1.29 is 217 Å². The SMILES string of the molecule is COc1cccc(C=NCCN=Cc2cccc(OC)c2O)c1O.COc1cccc(C=O)c1O.O.O.O.[Ac].[Ac].[Ac].[Mn].[Mn]. The average molecular weight is 1330 g/mol. The van der Waals surface area contributed by atoms with Gasteiger partial charge in [0.2, 0.25) is 0 Å². The van der Waals surface area contributed by atoms with Crippen molar-refractivity contribution in [3.63, 3.8) is 0 Å². The Labute approximate surface area is 379 Å². The van der Waals surface area contributed by atoms with Crippen molar-refractivity contribution in [3.05, 3.63) is 71.3 Å². The van der Waals surface area contributed by atoms with Gasteiger partial charge < -0.3 is 46.0 Å². The Bertz CT molecular complexity index is 1150. The minimum atomic E-state index is -0.106. The number of hydrogen-bond donors (Lipinski definition) is 3. The van der Waals surface area contributed by atoms with Crippen LogP contribution in [0.2, 0.25) is 0 Å². The van der Waals surface area contributed by atoms with Crippen molar-refractivity contribution in [3.8, 4) is 34.5 Å². The molecule has 0 saturated heterocycles. The molecule has 0 heterocycles. The number of nitrogens with zero attached hydrogens (tertiary/aromatic N) is 2. The molecule has 12 nitrogen and oxygen atoms in total. The minimum Gasteiger partial charge on any atom is -0.504 e. The zero-order valence-electron chi connectivity index (χ0n) is 23.7. The van der Waals surface area contributed by atoms with Crippen LogP contribution in [0.3, 0.4) is 0 Å². The Kier molecular flexibility index (Phi) is 46.9. The number of benzene rings is 3. The zero-order chi connectivity index (χ0) is 25.6. The molecular formula is C26H34Ac3Mn2N2O10. The molecule has 0 amide bonds. The summed E-state index contributed by atoms with van der Waals surface area (Å²) in [6, 6.07) is 15.2. The van der Waals surface area contributed by atoms with Crippen molar-refractivity contribution in [1.82, 2.24) is 0 Å². The standard InChI is InChI=1S/C18H20N2O4.C8H8O3.3Ac.2Mn.3H2O/c1-23-15-7-3-5-13(17(15)21)11-19-9-10-20-12-14-6-4-8-16(24-2)18(14)22;1-11-7-4-2-3-6(5-9)8(7)10;;;;;;;;/h3-8,11-12,21-22H,9-10H2,1-2H3;2-5,10H,1H3;;;;;;3*1H2. The molecule has 0 aliphatic carbocycles. The van der Waals surface area contributed by atoms with E-state index in [4.69, 9.17) is 14.2 Å². The normalized spacial score (nSPS) is 8.63. The molecule has 9 N–H and O–H groups in total. The number of ether oxygens (including phenoxy) is 3. The first kappa shape index (κ1) is 59.2. The first-order valence-electron chi connectivity index (χ1n) is 10.5. The molecule has 17 heteroatoms. The van der Waals surface area contributed by atoms with E-state index in [9.17, 15) is 20.1 Å². The molecule has 5 radical (unpaired) electrons. The first-order valence-corrected chi connectivity index (χ1v) is 10.5. The molecule has 3 aromatic rings. The molecule has 0 aromatic heterocycles. The molecule has 3 aromatic carbocycles. The maximum atomic E-state index is 10.3. The smallest absolute Gasteiger partial charge is 0.168 e. The second-order valence-corrected chi connectivity index (χ2v) is 6.88. The van der Waals surface area contributed by atoms with Gasteiger partial charge in [-0.3, -0.25) is 14.8 Å². The Hall–Kier alpha value is 0.714. The number of carbonyl (C=O) groups excluding carboxylic acids is 1. The monoisotopic (exact) mass is 1330 g/mol. The van der Waals surface area contributed by atoms with Crippen LogP contribution >= 0.6 is 0 Å². The van der Waals surface area contributed by atoms with Crippen LogP contribution in [0.5, 0.6) is 34.5 Å². The third kappa shape index (κ3) is 19.9. The van der Waals surface area contributed by atoms with Crippen LogP contribution < -0.4 is 14.2 Å². The average Bonchev–Trinajstić information content (AvgIpc) is 2.88. The number of aldehydes is 1. The number of para-hydroxylation sites is 3.